The van der Waals surface area contributed by atoms with Crippen molar-refractivity contribution in [2.45, 2.75) is 57.3 Å². The first kappa shape index (κ1) is 21.9. The average Bonchev–Trinajstić information content (AvgIpc) is 3.46. The van der Waals surface area contributed by atoms with E-state index in [4.69, 9.17) is 4.74 Å². The number of amides is 3. The maximum atomic E-state index is 13.1. The van der Waals surface area contributed by atoms with E-state index in [1.54, 1.807) is 21.1 Å². The van der Waals surface area contributed by atoms with Crippen LogP contribution in [0.4, 0.5) is 0 Å². The minimum atomic E-state index is -1.08. The molecule has 2 N–H and O–H groups in total. The SMILES string of the molecule is COc1cccc(CNC(=O)c2cc3n(n2)CC(C)(C(=O)NC2CCCC2)N(C)C3=O)c1. The molecule has 1 atom stereocenters. The monoisotopic (exact) mass is 439 g/mol. The predicted molar refractivity (Wildman–Crippen MR) is 117 cm³/mol. The number of nitrogens with one attached hydrogen (secondary N) is 2. The fraction of sp³-hybridized carbons (Fsp3) is 0.478. The molecule has 1 aliphatic heterocycles. The van der Waals surface area contributed by atoms with Crippen molar-refractivity contribution in [3.63, 3.8) is 0 Å². The lowest BCUT2D eigenvalue weighted by molar-refractivity contribution is -0.133. The van der Waals surface area contributed by atoms with Gasteiger partial charge in [-0.25, -0.2) is 0 Å². The highest BCUT2D eigenvalue weighted by atomic mass is 16.5. The van der Waals surface area contributed by atoms with Gasteiger partial charge in [0.2, 0.25) is 5.91 Å². The van der Waals surface area contributed by atoms with Crippen LogP contribution >= 0.6 is 0 Å². The van der Waals surface area contributed by atoms with Gasteiger partial charge in [0.05, 0.1) is 13.7 Å². The second kappa shape index (κ2) is 8.64. The van der Waals surface area contributed by atoms with E-state index in [9.17, 15) is 14.4 Å². The summed E-state index contributed by atoms with van der Waals surface area (Å²) in [6, 6.07) is 9.03. The van der Waals surface area contributed by atoms with Gasteiger partial charge in [0.1, 0.15) is 17.0 Å². The van der Waals surface area contributed by atoms with Gasteiger partial charge in [-0.2, -0.15) is 5.10 Å². The topological polar surface area (TPSA) is 106 Å². The number of fused-ring (bicyclic) bond motifs is 1. The van der Waals surface area contributed by atoms with Crippen LogP contribution in [0.5, 0.6) is 5.75 Å². The van der Waals surface area contributed by atoms with E-state index in [2.05, 4.69) is 15.7 Å². The van der Waals surface area contributed by atoms with Gasteiger partial charge in [-0.05, 0) is 37.5 Å². The van der Waals surface area contributed by atoms with E-state index in [-0.39, 0.29) is 36.0 Å². The number of rotatable bonds is 6. The van der Waals surface area contributed by atoms with Crippen LogP contribution in [0.25, 0.3) is 0 Å². The molecule has 1 saturated carbocycles. The zero-order chi connectivity index (χ0) is 22.9. The number of hydrogen-bond donors (Lipinski definition) is 2. The predicted octanol–water partition coefficient (Wildman–Crippen LogP) is 1.72. The molecule has 170 valence electrons. The van der Waals surface area contributed by atoms with E-state index in [1.165, 1.54) is 15.6 Å². The van der Waals surface area contributed by atoms with Crippen LogP contribution in [0, 0.1) is 0 Å². The highest BCUT2D eigenvalue weighted by Gasteiger charge is 2.46. The number of carbonyl (C=O) groups is 3. The van der Waals surface area contributed by atoms with Crippen LogP contribution in [-0.4, -0.2) is 58.1 Å². The Balaban J connectivity index is 1.48. The van der Waals surface area contributed by atoms with Gasteiger partial charge in [0.25, 0.3) is 11.8 Å². The average molecular weight is 440 g/mol. The molecule has 2 heterocycles. The number of likely N-dealkylation sites (N-methyl/N-ethyl adjacent to an activating group) is 1. The quantitative estimate of drug-likeness (QED) is 0.713. The van der Waals surface area contributed by atoms with E-state index >= 15 is 0 Å². The molecule has 9 nitrogen and oxygen atoms in total. The van der Waals surface area contributed by atoms with Crippen molar-refractivity contribution in [2.75, 3.05) is 14.2 Å². The first-order chi connectivity index (χ1) is 15.3. The van der Waals surface area contributed by atoms with Gasteiger partial charge in [-0.1, -0.05) is 25.0 Å². The van der Waals surface area contributed by atoms with Crippen molar-refractivity contribution in [3.8, 4) is 5.75 Å². The number of nitrogens with zero attached hydrogens (tertiary/aromatic N) is 3. The Kier molecular flexibility index (Phi) is 5.90. The first-order valence-electron chi connectivity index (χ1n) is 10.9. The van der Waals surface area contributed by atoms with Crippen molar-refractivity contribution in [1.82, 2.24) is 25.3 Å². The lowest BCUT2D eigenvalue weighted by Crippen LogP contribution is -2.63. The van der Waals surface area contributed by atoms with Crippen molar-refractivity contribution in [1.29, 1.82) is 0 Å². The molecule has 4 rings (SSSR count). The van der Waals surface area contributed by atoms with Crippen molar-refractivity contribution < 1.29 is 19.1 Å². The van der Waals surface area contributed by atoms with Gasteiger partial charge in [-0.15, -0.1) is 0 Å². The molecule has 0 saturated heterocycles. The second-order valence-corrected chi connectivity index (χ2v) is 8.70. The minimum absolute atomic E-state index is 0.144. The number of aromatic nitrogens is 2. The highest BCUT2D eigenvalue weighted by Crippen LogP contribution is 2.27. The number of benzene rings is 1. The zero-order valence-corrected chi connectivity index (χ0v) is 18.7. The number of ether oxygens (including phenoxy) is 1. The van der Waals surface area contributed by atoms with Crippen LogP contribution in [0.15, 0.2) is 30.3 Å². The fourth-order valence-electron chi connectivity index (χ4n) is 4.30. The Morgan fingerprint density at radius 3 is 2.72 bits per heavy atom. The number of carbonyl (C=O) groups excluding carboxylic acids is 3. The van der Waals surface area contributed by atoms with E-state index in [0.717, 1.165) is 31.2 Å². The Labute approximate surface area is 187 Å². The van der Waals surface area contributed by atoms with E-state index in [0.29, 0.717) is 18.0 Å². The van der Waals surface area contributed by atoms with Crippen molar-refractivity contribution in [3.05, 3.63) is 47.3 Å². The van der Waals surface area contributed by atoms with Crippen LogP contribution in [0.1, 0.15) is 59.1 Å². The Hall–Kier alpha value is -3.36. The largest absolute Gasteiger partial charge is 0.497 e. The number of hydrogen-bond acceptors (Lipinski definition) is 5. The second-order valence-electron chi connectivity index (χ2n) is 8.70. The van der Waals surface area contributed by atoms with E-state index in [1.807, 2.05) is 24.3 Å². The summed E-state index contributed by atoms with van der Waals surface area (Å²) < 4.78 is 6.67. The lowest BCUT2D eigenvalue weighted by atomic mass is 9.95. The molecular formula is C23H29N5O4. The third-order valence-corrected chi connectivity index (χ3v) is 6.50. The molecule has 2 aliphatic rings. The Bertz CT molecular complexity index is 1040. The molecule has 1 aromatic heterocycles. The smallest absolute Gasteiger partial charge is 0.272 e. The van der Waals surface area contributed by atoms with Crippen LogP contribution < -0.4 is 15.4 Å². The summed E-state index contributed by atoms with van der Waals surface area (Å²) in [7, 11) is 3.21. The fourth-order valence-corrected chi connectivity index (χ4v) is 4.30. The molecule has 0 radical (unpaired) electrons. The van der Waals surface area contributed by atoms with Gasteiger partial charge < -0.3 is 20.3 Å². The molecule has 1 aromatic carbocycles. The molecule has 0 bridgehead atoms. The van der Waals surface area contributed by atoms with Crippen molar-refractivity contribution >= 4 is 17.7 Å². The van der Waals surface area contributed by atoms with Gasteiger partial charge >= 0.3 is 0 Å². The maximum absolute atomic E-state index is 13.1. The molecule has 2 aromatic rings. The van der Waals surface area contributed by atoms with Crippen LogP contribution in [0.2, 0.25) is 0 Å². The minimum Gasteiger partial charge on any atom is -0.497 e. The standard InChI is InChI=1S/C23H29N5O4/c1-23(22(31)25-16-8-4-5-9-16)14-28-19(21(30)27(23)2)12-18(26-28)20(29)24-13-15-7-6-10-17(11-15)32-3/h6-7,10-12,16H,4-5,8-9,13-14H2,1-3H3,(H,24,29)(H,25,31). The van der Waals surface area contributed by atoms with Crippen LogP contribution in [-0.2, 0) is 17.9 Å². The van der Waals surface area contributed by atoms with E-state index < -0.39 is 5.54 Å². The summed E-state index contributed by atoms with van der Waals surface area (Å²) in [5.41, 5.74) is 0.247. The summed E-state index contributed by atoms with van der Waals surface area (Å²) in [5.74, 6) is -0.203. The molecule has 3 amide bonds. The molecular weight excluding hydrogens is 410 g/mol. The van der Waals surface area contributed by atoms with Crippen LogP contribution in [0.3, 0.4) is 0 Å². The molecule has 9 heteroatoms. The Morgan fingerprint density at radius 1 is 1.25 bits per heavy atom. The van der Waals surface area contributed by atoms with Gasteiger partial charge in [-0.3, -0.25) is 19.1 Å². The zero-order valence-electron chi connectivity index (χ0n) is 18.7. The van der Waals surface area contributed by atoms with Crippen molar-refractivity contribution in [2.24, 2.45) is 0 Å². The first-order valence-corrected chi connectivity index (χ1v) is 10.9. The third-order valence-electron chi connectivity index (χ3n) is 6.50. The molecule has 1 fully saturated rings. The lowest BCUT2D eigenvalue weighted by Gasteiger charge is -2.41. The highest BCUT2D eigenvalue weighted by molar-refractivity contribution is 6.01. The van der Waals surface area contributed by atoms with Gasteiger partial charge in [0, 0.05) is 25.7 Å². The molecule has 1 aliphatic carbocycles. The summed E-state index contributed by atoms with van der Waals surface area (Å²) >= 11 is 0. The molecule has 32 heavy (non-hydrogen) atoms. The molecule has 0 spiro atoms. The molecule has 1 unspecified atom stereocenters. The third kappa shape index (κ3) is 4.06. The summed E-state index contributed by atoms with van der Waals surface area (Å²) in [6.07, 6.45) is 4.14. The van der Waals surface area contributed by atoms with Gasteiger partial charge in [0.15, 0.2) is 5.69 Å². The Morgan fingerprint density at radius 2 is 2.00 bits per heavy atom. The summed E-state index contributed by atoms with van der Waals surface area (Å²) in [4.78, 5) is 40.2. The number of methoxy groups -OCH3 is 1. The normalized spacial score (nSPS) is 20.7. The summed E-state index contributed by atoms with van der Waals surface area (Å²) in [5, 5.41) is 10.2. The summed E-state index contributed by atoms with van der Waals surface area (Å²) in [6.45, 7) is 2.22. The maximum Gasteiger partial charge on any atom is 0.272 e.